The van der Waals surface area contributed by atoms with E-state index < -0.39 is 0 Å². The molecule has 8 nitrogen and oxygen atoms in total. The molecule has 2 aromatic heterocycles. The van der Waals surface area contributed by atoms with Gasteiger partial charge in [0.25, 0.3) is 5.91 Å². The molecule has 4 rings (SSSR count). The largest absolute Gasteiger partial charge is 0.354 e. The molecule has 1 amide bonds. The molecule has 28 heavy (non-hydrogen) atoms. The van der Waals surface area contributed by atoms with Gasteiger partial charge in [0.15, 0.2) is 0 Å². The van der Waals surface area contributed by atoms with E-state index in [1.807, 2.05) is 0 Å². The summed E-state index contributed by atoms with van der Waals surface area (Å²) in [4.78, 5) is 25.4. The van der Waals surface area contributed by atoms with Crippen molar-refractivity contribution >= 4 is 17.5 Å². The molecule has 0 unspecified atom stereocenters. The fourth-order valence-corrected chi connectivity index (χ4v) is 3.01. The van der Waals surface area contributed by atoms with Gasteiger partial charge in [-0.05, 0) is 37.4 Å². The second kappa shape index (κ2) is 7.73. The Morgan fingerprint density at radius 1 is 1.11 bits per heavy atom. The van der Waals surface area contributed by atoms with E-state index in [1.165, 1.54) is 18.5 Å². The number of benzene rings is 1. The monoisotopic (exact) mass is 381 g/mol. The lowest BCUT2D eigenvalue weighted by atomic mass is 10.1. The normalized spacial score (nSPS) is 14.9. The first kappa shape index (κ1) is 18.1. The predicted octanol–water partition coefficient (Wildman–Crippen LogP) is 2.01. The van der Waals surface area contributed by atoms with E-state index in [1.54, 1.807) is 24.3 Å². The standard InChI is InChI=1S/C19H20FN7O/c1-26-6-8-27(9-7-26)18-11-17(21-12-22-18)23-19(28)16-10-15(24-25-16)13-2-4-14(20)5-3-13/h2-5,10-12H,6-9H2,1H3,(H,24,25)(H,21,22,23,28). The van der Waals surface area contributed by atoms with E-state index in [4.69, 9.17) is 0 Å². The molecule has 1 aliphatic rings. The maximum Gasteiger partial charge on any atom is 0.274 e. The van der Waals surface area contributed by atoms with Crippen molar-refractivity contribution < 1.29 is 9.18 Å². The quantitative estimate of drug-likeness (QED) is 0.719. The van der Waals surface area contributed by atoms with Crippen molar-refractivity contribution in [2.45, 2.75) is 0 Å². The second-order valence-corrected chi connectivity index (χ2v) is 6.68. The van der Waals surface area contributed by atoms with Crippen molar-refractivity contribution in [2.24, 2.45) is 0 Å². The highest BCUT2D eigenvalue weighted by atomic mass is 19.1. The van der Waals surface area contributed by atoms with Gasteiger partial charge in [0.1, 0.15) is 29.5 Å². The summed E-state index contributed by atoms with van der Waals surface area (Å²) in [5.74, 6) is 0.530. The highest BCUT2D eigenvalue weighted by Crippen LogP contribution is 2.19. The van der Waals surface area contributed by atoms with Gasteiger partial charge < -0.3 is 15.1 Å². The maximum atomic E-state index is 13.1. The number of likely N-dealkylation sites (N-methyl/N-ethyl adjacent to an activating group) is 1. The minimum Gasteiger partial charge on any atom is -0.354 e. The first-order valence-electron chi connectivity index (χ1n) is 8.97. The van der Waals surface area contributed by atoms with Crippen LogP contribution in [0.4, 0.5) is 16.0 Å². The maximum absolute atomic E-state index is 13.1. The number of nitrogens with zero attached hydrogens (tertiary/aromatic N) is 5. The number of anilines is 2. The highest BCUT2D eigenvalue weighted by Gasteiger charge is 2.17. The summed E-state index contributed by atoms with van der Waals surface area (Å²) in [6.07, 6.45) is 1.44. The molecule has 2 N–H and O–H groups in total. The number of halogens is 1. The van der Waals surface area contributed by atoms with E-state index >= 15 is 0 Å². The van der Waals surface area contributed by atoms with E-state index in [-0.39, 0.29) is 11.7 Å². The number of piperazine rings is 1. The van der Waals surface area contributed by atoms with Crippen LogP contribution in [-0.4, -0.2) is 64.2 Å². The SMILES string of the molecule is CN1CCN(c2cc(NC(=O)c3cc(-c4ccc(F)cc4)n[nH]3)ncn2)CC1. The number of amides is 1. The molecule has 0 saturated carbocycles. The van der Waals surface area contributed by atoms with Gasteiger partial charge in [-0.2, -0.15) is 5.10 Å². The molecule has 0 aliphatic carbocycles. The highest BCUT2D eigenvalue weighted by molar-refractivity contribution is 6.03. The summed E-state index contributed by atoms with van der Waals surface area (Å²) < 4.78 is 13.1. The number of nitrogens with one attached hydrogen (secondary N) is 2. The molecule has 1 aromatic carbocycles. The summed E-state index contributed by atoms with van der Waals surface area (Å²) in [7, 11) is 2.09. The van der Waals surface area contributed by atoms with Gasteiger partial charge in [-0.1, -0.05) is 0 Å². The Bertz CT molecular complexity index is 964. The van der Waals surface area contributed by atoms with Crippen LogP contribution in [0.2, 0.25) is 0 Å². The Morgan fingerprint density at radius 2 is 1.86 bits per heavy atom. The van der Waals surface area contributed by atoms with Gasteiger partial charge in [0.05, 0.1) is 5.69 Å². The van der Waals surface area contributed by atoms with Crippen LogP contribution in [0.1, 0.15) is 10.5 Å². The Balaban J connectivity index is 1.45. The van der Waals surface area contributed by atoms with Crippen LogP contribution >= 0.6 is 0 Å². The van der Waals surface area contributed by atoms with Gasteiger partial charge in [0.2, 0.25) is 0 Å². The van der Waals surface area contributed by atoms with E-state index in [2.05, 4.69) is 42.3 Å². The van der Waals surface area contributed by atoms with Crippen molar-refractivity contribution in [3.8, 4) is 11.3 Å². The molecule has 144 valence electrons. The molecule has 9 heteroatoms. The number of aromatic amines is 1. The summed E-state index contributed by atoms with van der Waals surface area (Å²) >= 11 is 0. The minimum absolute atomic E-state index is 0.291. The van der Waals surface area contributed by atoms with E-state index in [0.717, 1.165) is 37.6 Å². The van der Waals surface area contributed by atoms with Crippen LogP contribution in [0.3, 0.4) is 0 Å². The predicted molar refractivity (Wildman–Crippen MR) is 104 cm³/mol. The molecule has 3 heterocycles. The Morgan fingerprint density at radius 3 is 2.61 bits per heavy atom. The number of H-pyrrole nitrogens is 1. The van der Waals surface area contributed by atoms with Crippen molar-refractivity contribution in [3.63, 3.8) is 0 Å². The van der Waals surface area contributed by atoms with E-state index in [9.17, 15) is 9.18 Å². The first-order valence-corrected chi connectivity index (χ1v) is 8.97. The number of hydrogen-bond acceptors (Lipinski definition) is 6. The van der Waals surface area contributed by atoms with Crippen molar-refractivity contribution in [2.75, 3.05) is 43.4 Å². The third-order valence-corrected chi connectivity index (χ3v) is 4.68. The first-order chi connectivity index (χ1) is 13.6. The molecule has 1 saturated heterocycles. The lowest BCUT2D eigenvalue weighted by molar-refractivity contribution is 0.102. The van der Waals surface area contributed by atoms with Crippen LogP contribution in [0, 0.1) is 5.82 Å². The van der Waals surface area contributed by atoms with Gasteiger partial charge in [-0.15, -0.1) is 0 Å². The molecule has 1 fully saturated rings. The van der Waals surface area contributed by atoms with Crippen LogP contribution in [0.15, 0.2) is 42.7 Å². The zero-order valence-electron chi connectivity index (χ0n) is 15.4. The van der Waals surface area contributed by atoms with Crippen LogP contribution < -0.4 is 10.2 Å². The Labute approximate surface area is 161 Å². The van der Waals surface area contributed by atoms with E-state index in [0.29, 0.717) is 17.2 Å². The van der Waals surface area contributed by atoms with Gasteiger partial charge in [-0.25, -0.2) is 14.4 Å². The van der Waals surface area contributed by atoms with Crippen LogP contribution in [0.5, 0.6) is 0 Å². The third-order valence-electron chi connectivity index (χ3n) is 4.68. The fraction of sp³-hybridized carbons (Fsp3) is 0.263. The lowest BCUT2D eigenvalue weighted by Crippen LogP contribution is -2.44. The summed E-state index contributed by atoms with van der Waals surface area (Å²) in [6, 6.07) is 9.31. The Hall–Kier alpha value is -3.33. The zero-order chi connectivity index (χ0) is 19.5. The van der Waals surface area contributed by atoms with Crippen molar-refractivity contribution in [3.05, 3.63) is 54.2 Å². The van der Waals surface area contributed by atoms with Crippen molar-refractivity contribution in [1.82, 2.24) is 25.1 Å². The topological polar surface area (TPSA) is 90.0 Å². The molecular weight excluding hydrogens is 361 g/mol. The number of rotatable bonds is 4. The van der Waals surface area contributed by atoms with Gasteiger partial charge in [-0.3, -0.25) is 9.89 Å². The van der Waals surface area contributed by atoms with Crippen molar-refractivity contribution in [1.29, 1.82) is 0 Å². The zero-order valence-corrected chi connectivity index (χ0v) is 15.4. The average Bonchev–Trinajstić information content (AvgIpc) is 3.20. The molecule has 3 aromatic rings. The smallest absolute Gasteiger partial charge is 0.274 e. The molecule has 1 aliphatic heterocycles. The second-order valence-electron chi connectivity index (χ2n) is 6.68. The lowest BCUT2D eigenvalue weighted by Gasteiger charge is -2.33. The summed E-state index contributed by atoms with van der Waals surface area (Å²) in [5, 5.41) is 9.59. The number of hydrogen-bond donors (Lipinski definition) is 2. The Kier molecular flexibility index (Phi) is 4.98. The molecule has 0 bridgehead atoms. The van der Waals surface area contributed by atoms with Gasteiger partial charge >= 0.3 is 0 Å². The molecule has 0 atom stereocenters. The molecule has 0 radical (unpaired) electrons. The summed E-state index contributed by atoms with van der Waals surface area (Å²) in [5.41, 5.74) is 1.57. The fourth-order valence-electron chi connectivity index (χ4n) is 3.01. The van der Waals surface area contributed by atoms with Crippen LogP contribution in [-0.2, 0) is 0 Å². The third kappa shape index (κ3) is 3.99. The average molecular weight is 381 g/mol. The molecular formula is C19H20FN7O. The number of carbonyl (C=O) groups excluding carboxylic acids is 1. The number of carbonyl (C=O) groups is 1. The summed E-state index contributed by atoms with van der Waals surface area (Å²) in [6.45, 7) is 3.68. The minimum atomic E-state index is -0.358. The number of aromatic nitrogens is 4. The molecule has 0 spiro atoms. The van der Waals surface area contributed by atoms with Crippen LogP contribution in [0.25, 0.3) is 11.3 Å². The van der Waals surface area contributed by atoms with Gasteiger partial charge in [0, 0.05) is 37.8 Å².